The highest BCUT2D eigenvalue weighted by atomic mass is 32.2. The van der Waals surface area contributed by atoms with Crippen LogP contribution in [0.3, 0.4) is 0 Å². The van der Waals surface area contributed by atoms with Gasteiger partial charge in [0.1, 0.15) is 11.6 Å². The zero-order chi connectivity index (χ0) is 18.2. The van der Waals surface area contributed by atoms with Gasteiger partial charge in [0.15, 0.2) is 0 Å². The third kappa shape index (κ3) is 3.85. The van der Waals surface area contributed by atoms with Crippen LogP contribution < -0.4 is 5.32 Å². The summed E-state index contributed by atoms with van der Waals surface area (Å²) in [5.41, 5.74) is 0.990. The summed E-state index contributed by atoms with van der Waals surface area (Å²) in [7, 11) is -3.28. The highest BCUT2D eigenvalue weighted by Gasteiger charge is 2.24. The van der Waals surface area contributed by atoms with Gasteiger partial charge in [0.2, 0.25) is 10.0 Å². The number of nitrogens with zero attached hydrogens (tertiary/aromatic N) is 3. The van der Waals surface area contributed by atoms with Crippen LogP contribution in [0.1, 0.15) is 21.7 Å². The molecule has 134 valence electrons. The summed E-state index contributed by atoms with van der Waals surface area (Å²) in [5, 5.41) is 6.81. The lowest BCUT2D eigenvalue weighted by molar-refractivity contribution is 0.0946. The standard InChI is InChI=1S/C15H16F2N4O3S/c1-25(23,24)20-4-5-21-12(9-20)7-11(19-21)8-18-15(22)13-3-2-10(16)6-14(13)17/h2-3,6-7H,4-5,8-9H2,1H3,(H,18,22). The Morgan fingerprint density at radius 1 is 1.28 bits per heavy atom. The van der Waals surface area contributed by atoms with Crippen LogP contribution in [0.2, 0.25) is 0 Å². The van der Waals surface area contributed by atoms with Gasteiger partial charge in [-0.15, -0.1) is 0 Å². The number of sulfonamides is 1. The van der Waals surface area contributed by atoms with Crippen LogP contribution in [-0.4, -0.2) is 41.2 Å². The largest absolute Gasteiger partial charge is 0.346 e. The van der Waals surface area contributed by atoms with E-state index < -0.39 is 27.6 Å². The van der Waals surface area contributed by atoms with Crippen molar-refractivity contribution in [2.24, 2.45) is 0 Å². The Morgan fingerprint density at radius 3 is 2.72 bits per heavy atom. The van der Waals surface area contributed by atoms with Crippen molar-refractivity contribution < 1.29 is 22.0 Å². The second-order valence-corrected chi connectivity index (χ2v) is 7.74. The van der Waals surface area contributed by atoms with Crippen LogP contribution in [0.25, 0.3) is 0 Å². The second kappa shape index (κ2) is 6.52. The van der Waals surface area contributed by atoms with E-state index in [0.717, 1.165) is 18.4 Å². The molecule has 1 aliphatic heterocycles. The number of carbonyl (C=O) groups excluding carboxylic acids is 1. The van der Waals surface area contributed by atoms with Gasteiger partial charge in [-0.1, -0.05) is 0 Å². The van der Waals surface area contributed by atoms with Crippen molar-refractivity contribution in [1.29, 1.82) is 0 Å². The van der Waals surface area contributed by atoms with Crippen LogP contribution in [-0.2, 0) is 29.7 Å². The zero-order valence-corrected chi connectivity index (χ0v) is 14.2. The van der Waals surface area contributed by atoms with E-state index in [2.05, 4.69) is 10.4 Å². The molecule has 2 heterocycles. The number of nitrogens with one attached hydrogen (secondary N) is 1. The molecule has 3 rings (SSSR count). The predicted octanol–water partition coefficient (Wildman–Crippen LogP) is 0.866. The number of rotatable bonds is 4. The molecule has 0 bridgehead atoms. The minimum absolute atomic E-state index is 0.0501. The first-order valence-corrected chi connectivity index (χ1v) is 9.33. The number of benzene rings is 1. The average Bonchev–Trinajstić information content (AvgIpc) is 2.93. The van der Waals surface area contributed by atoms with Crippen LogP contribution in [0.5, 0.6) is 0 Å². The molecule has 0 aliphatic carbocycles. The Kier molecular flexibility index (Phi) is 4.56. The molecule has 0 radical (unpaired) electrons. The first-order chi connectivity index (χ1) is 11.7. The van der Waals surface area contributed by atoms with Gasteiger partial charge in [-0.2, -0.15) is 9.40 Å². The molecular weight excluding hydrogens is 354 g/mol. The van der Waals surface area contributed by atoms with Crippen molar-refractivity contribution in [3.05, 3.63) is 52.9 Å². The molecule has 0 saturated heterocycles. The lowest BCUT2D eigenvalue weighted by Gasteiger charge is -2.25. The Hall–Kier alpha value is -2.33. The fraction of sp³-hybridized carbons (Fsp3) is 0.333. The number of hydrogen-bond acceptors (Lipinski definition) is 4. The average molecular weight is 370 g/mol. The normalized spacial score (nSPS) is 15.0. The maximum absolute atomic E-state index is 13.6. The van der Waals surface area contributed by atoms with E-state index in [1.165, 1.54) is 4.31 Å². The van der Waals surface area contributed by atoms with Crippen molar-refractivity contribution in [2.75, 3.05) is 12.8 Å². The molecule has 1 aromatic heterocycles. The summed E-state index contributed by atoms with van der Waals surface area (Å²) in [5.74, 6) is -2.38. The van der Waals surface area contributed by atoms with Gasteiger partial charge in [0.25, 0.3) is 5.91 Å². The maximum atomic E-state index is 13.6. The Labute approximate surface area is 143 Å². The highest BCUT2D eigenvalue weighted by Crippen LogP contribution is 2.16. The molecule has 0 atom stereocenters. The number of halogens is 2. The smallest absolute Gasteiger partial charge is 0.254 e. The van der Waals surface area contributed by atoms with Gasteiger partial charge in [-0.3, -0.25) is 9.48 Å². The van der Waals surface area contributed by atoms with E-state index in [0.29, 0.717) is 30.5 Å². The van der Waals surface area contributed by atoms with E-state index in [-0.39, 0.29) is 18.7 Å². The molecule has 0 saturated carbocycles. The first-order valence-electron chi connectivity index (χ1n) is 7.48. The Morgan fingerprint density at radius 2 is 2.04 bits per heavy atom. The quantitative estimate of drug-likeness (QED) is 0.865. The molecule has 1 N–H and O–H groups in total. The van der Waals surface area contributed by atoms with E-state index in [9.17, 15) is 22.0 Å². The maximum Gasteiger partial charge on any atom is 0.254 e. The van der Waals surface area contributed by atoms with E-state index in [1.807, 2.05) is 0 Å². The Bertz CT molecular complexity index is 927. The molecule has 0 spiro atoms. The molecule has 25 heavy (non-hydrogen) atoms. The third-order valence-electron chi connectivity index (χ3n) is 3.89. The van der Waals surface area contributed by atoms with Crippen LogP contribution >= 0.6 is 0 Å². The molecular formula is C15H16F2N4O3S. The van der Waals surface area contributed by atoms with Crippen LogP contribution in [0, 0.1) is 11.6 Å². The molecule has 1 aliphatic rings. The molecule has 0 unspecified atom stereocenters. The van der Waals surface area contributed by atoms with Crippen molar-refractivity contribution >= 4 is 15.9 Å². The molecule has 1 aromatic carbocycles. The topological polar surface area (TPSA) is 84.3 Å². The molecule has 2 aromatic rings. The fourth-order valence-corrected chi connectivity index (χ4v) is 3.39. The summed E-state index contributed by atoms with van der Waals surface area (Å²) < 4.78 is 52.7. The van der Waals surface area contributed by atoms with Gasteiger partial charge in [0.05, 0.1) is 42.8 Å². The molecule has 0 fully saturated rings. The summed E-state index contributed by atoms with van der Waals surface area (Å²) in [6.07, 6.45) is 1.15. The van der Waals surface area contributed by atoms with Crippen molar-refractivity contribution in [1.82, 2.24) is 19.4 Å². The number of fused-ring (bicyclic) bond motifs is 1. The minimum Gasteiger partial charge on any atom is -0.346 e. The second-order valence-electron chi connectivity index (χ2n) is 5.75. The Balaban J connectivity index is 1.67. The monoisotopic (exact) mass is 370 g/mol. The minimum atomic E-state index is -3.28. The van der Waals surface area contributed by atoms with E-state index in [1.54, 1.807) is 10.7 Å². The number of amides is 1. The van der Waals surface area contributed by atoms with Crippen LogP contribution in [0.4, 0.5) is 8.78 Å². The molecule has 1 amide bonds. The number of aromatic nitrogens is 2. The third-order valence-corrected chi connectivity index (χ3v) is 5.14. The lowest BCUT2D eigenvalue weighted by Crippen LogP contribution is -2.37. The van der Waals surface area contributed by atoms with E-state index >= 15 is 0 Å². The highest BCUT2D eigenvalue weighted by molar-refractivity contribution is 7.88. The summed E-state index contributed by atoms with van der Waals surface area (Å²) >= 11 is 0. The number of carbonyl (C=O) groups is 1. The fourth-order valence-electron chi connectivity index (χ4n) is 2.61. The summed E-state index contributed by atoms with van der Waals surface area (Å²) in [4.78, 5) is 12.0. The van der Waals surface area contributed by atoms with Crippen molar-refractivity contribution in [3.8, 4) is 0 Å². The lowest BCUT2D eigenvalue weighted by atomic mass is 10.2. The van der Waals surface area contributed by atoms with E-state index in [4.69, 9.17) is 0 Å². The predicted molar refractivity (Wildman–Crippen MR) is 85.0 cm³/mol. The summed E-state index contributed by atoms with van der Waals surface area (Å²) in [6, 6.07) is 4.41. The van der Waals surface area contributed by atoms with Crippen molar-refractivity contribution in [2.45, 2.75) is 19.6 Å². The van der Waals surface area contributed by atoms with Gasteiger partial charge in [0, 0.05) is 12.6 Å². The first kappa shape index (κ1) is 17.5. The van der Waals surface area contributed by atoms with Gasteiger partial charge in [-0.25, -0.2) is 17.2 Å². The number of hydrogen-bond donors (Lipinski definition) is 1. The SMILES string of the molecule is CS(=O)(=O)N1CCn2nc(CNC(=O)c3ccc(F)cc3F)cc2C1. The van der Waals surface area contributed by atoms with Gasteiger partial charge in [-0.05, 0) is 18.2 Å². The molecule has 7 nitrogen and oxygen atoms in total. The van der Waals surface area contributed by atoms with Crippen molar-refractivity contribution in [3.63, 3.8) is 0 Å². The molecule has 10 heteroatoms. The summed E-state index contributed by atoms with van der Waals surface area (Å²) in [6.45, 7) is 1.02. The van der Waals surface area contributed by atoms with Gasteiger partial charge < -0.3 is 5.32 Å². The van der Waals surface area contributed by atoms with Crippen LogP contribution in [0.15, 0.2) is 24.3 Å². The van der Waals surface area contributed by atoms with Gasteiger partial charge >= 0.3 is 0 Å². The zero-order valence-electron chi connectivity index (χ0n) is 13.4.